The fourth-order valence-electron chi connectivity index (χ4n) is 3.06. The van der Waals surface area contributed by atoms with E-state index in [9.17, 15) is 9.50 Å². The van der Waals surface area contributed by atoms with Crippen molar-refractivity contribution < 1.29 is 14.2 Å². The van der Waals surface area contributed by atoms with Gasteiger partial charge in [-0.25, -0.2) is 9.37 Å². The van der Waals surface area contributed by atoms with Crippen molar-refractivity contribution >= 4 is 16.6 Å². The molecular weight excluding hydrogens is 311 g/mol. The second-order valence-electron chi connectivity index (χ2n) is 5.98. The zero-order valence-electron chi connectivity index (χ0n) is 13.1. The average Bonchev–Trinajstić information content (AvgIpc) is 3.13. The minimum absolute atomic E-state index is 0.306. The number of aromatic nitrogens is 3. The van der Waals surface area contributed by atoms with Crippen LogP contribution in [0.4, 0.5) is 10.2 Å². The van der Waals surface area contributed by atoms with Crippen LogP contribution in [0.15, 0.2) is 42.9 Å². The highest BCUT2D eigenvalue weighted by Crippen LogP contribution is 2.29. The Morgan fingerprint density at radius 3 is 2.96 bits per heavy atom. The SMILES string of the molecule is Cn1cc(O[C@@H]2CN(c3nccc4ccc(F)cc34)C[C@H]2O)cn1. The molecule has 1 aliphatic heterocycles. The summed E-state index contributed by atoms with van der Waals surface area (Å²) in [5.41, 5.74) is 0. The van der Waals surface area contributed by atoms with Crippen molar-refractivity contribution in [2.45, 2.75) is 12.2 Å². The van der Waals surface area contributed by atoms with Gasteiger partial charge in [-0.3, -0.25) is 4.68 Å². The summed E-state index contributed by atoms with van der Waals surface area (Å²) in [5.74, 6) is 0.961. The van der Waals surface area contributed by atoms with Crippen LogP contribution >= 0.6 is 0 Å². The van der Waals surface area contributed by atoms with E-state index in [0.29, 0.717) is 24.7 Å². The minimum atomic E-state index is -0.657. The van der Waals surface area contributed by atoms with Gasteiger partial charge in [0.15, 0.2) is 5.75 Å². The molecule has 3 aromatic rings. The van der Waals surface area contributed by atoms with E-state index >= 15 is 0 Å². The van der Waals surface area contributed by atoms with Crippen molar-refractivity contribution in [2.24, 2.45) is 7.05 Å². The Balaban J connectivity index is 1.61. The van der Waals surface area contributed by atoms with Gasteiger partial charge >= 0.3 is 0 Å². The Morgan fingerprint density at radius 1 is 1.29 bits per heavy atom. The molecule has 0 saturated carbocycles. The number of pyridine rings is 1. The van der Waals surface area contributed by atoms with Crippen molar-refractivity contribution in [3.05, 3.63) is 48.7 Å². The van der Waals surface area contributed by atoms with Crippen LogP contribution in [-0.4, -0.2) is 45.2 Å². The third-order valence-corrected chi connectivity index (χ3v) is 4.21. The summed E-state index contributed by atoms with van der Waals surface area (Å²) in [6, 6.07) is 6.47. The summed E-state index contributed by atoms with van der Waals surface area (Å²) in [4.78, 5) is 6.31. The zero-order valence-corrected chi connectivity index (χ0v) is 13.1. The molecule has 0 spiro atoms. The lowest BCUT2D eigenvalue weighted by Crippen LogP contribution is -2.29. The van der Waals surface area contributed by atoms with E-state index in [0.717, 1.165) is 10.8 Å². The van der Waals surface area contributed by atoms with Crippen LogP contribution in [0.3, 0.4) is 0 Å². The molecule has 0 amide bonds. The highest BCUT2D eigenvalue weighted by molar-refractivity contribution is 5.92. The summed E-state index contributed by atoms with van der Waals surface area (Å²) < 4.78 is 21.1. The normalized spacial score (nSPS) is 20.7. The Hall–Kier alpha value is -2.67. The standard InChI is InChI=1S/C17H17FN4O2/c1-21-8-13(7-20-21)24-16-10-22(9-15(16)23)17-14-6-12(18)3-2-11(14)4-5-19-17/h2-8,15-16,23H,9-10H2,1H3/t15-,16-/m1/s1. The zero-order chi connectivity index (χ0) is 16.7. The summed E-state index contributed by atoms with van der Waals surface area (Å²) in [7, 11) is 1.80. The molecule has 1 aliphatic rings. The van der Waals surface area contributed by atoms with Crippen molar-refractivity contribution in [1.29, 1.82) is 0 Å². The maximum Gasteiger partial charge on any atom is 0.157 e. The topological polar surface area (TPSA) is 63.4 Å². The van der Waals surface area contributed by atoms with E-state index in [1.54, 1.807) is 36.4 Å². The molecule has 2 aromatic heterocycles. The number of nitrogens with zero attached hydrogens (tertiary/aromatic N) is 4. The van der Waals surface area contributed by atoms with Gasteiger partial charge in [-0.2, -0.15) is 5.10 Å². The molecular formula is C17H17FN4O2. The molecule has 0 radical (unpaired) electrons. The second kappa shape index (κ2) is 5.76. The number of anilines is 1. The first kappa shape index (κ1) is 14.9. The van der Waals surface area contributed by atoms with Gasteiger partial charge in [0.25, 0.3) is 0 Å². The number of aliphatic hydroxyl groups excluding tert-OH is 1. The number of ether oxygens (including phenoxy) is 1. The van der Waals surface area contributed by atoms with Gasteiger partial charge in [0.05, 0.1) is 18.9 Å². The number of benzene rings is 1. The van der Waals surface area contributed by atoms with Crippen molar-refractivity contribution in [1.82, 2.24) is 14.8 Å². The highest BCUT2D eigenvalue weighted by Gasteiger charge is 2.34. The Labute approximate surface area is 138 Å². The third-order valence-electron chi connectivity index (χ3n) is 4.21. The molecule has 4 rings (SSSR count). The molecule has 0 unspecified atom stereocenters. The van der Waals surface area contributed by atoms with Crippen molar-refractivity contribution in [2.75, 3.05) is 18.0 Å². The van der Waals surface area contributed by atoms with Crippen molar-refractivity contribution in [3.63, 3.8) is 0 Å². The van der Waals surface area contributed by atoms with E-state index in [1.165, 1.54) is 12.1 Å². The summed E-state index contributed by atoms with van der Waals surface area (Å²) in [5, 5.41) is 16.0. The quantitative estimate of drug-likeness (QED) is 0.793. The van der Waals surface area contributed by atoms with Gasteiger partial charge in [0.1, 0.15) is 23.8 Å². The van der Waals surface area contributed by atoms with E-state index in [1.807, 2.05) is 11.0 Å². The number of hydrogen-bond acceptors (Lipinski definition) is 5. The van der Waals surface area contributed by atoms with E-state index in [-0.39, 0.29) is 11.9 Å². The van der Waals surface area contributed by atoms with Crippen LogP contribution in [-0.2, 0) is 7.05 Å². The largest absolute Gasteiger partial charge is 0.482 e. The minimum Gasteiger partial charge on any atom is -0.482 e. The lowest BCUT2D eigenvalue weighted by atomic mass is 10.1. The van der Waals surface area contributed by atoms with Gasteiger partial charge in [0.2, 0.25) is 0 Å². The summed E-state index contributed by atoms with van der Waals surface area (Å²) in [6.45, 7) is 0.853. The van der Waals surface area contributed by atoms with Gasteiger partial charge in [-0.15, -0.1) is 0 Å². The van der Waals surface area contributed by atoms with Gasteiger partial charge in [0, 0.05) is 25.2 Å². The van der Waals surface area contributed by atoms with E-state index in [4.69, 9.17) is 4.74 Å². The smallest absolute Gasteiger partial charge is 0.157 e. The Kier molecular flexibility index (Phi) is 3.57. The first-order valence-corrected chi connectivity index (χ1v) is 7.73. The molecule has 1 saturated heterocycles. The highest BCUT2D eigenvalue weighted by atomic mass is 19.1. The molecule has 124 valence electrons. The summed E-state index contributed by atoms with van der Waals surface area (Å²) >= 11 is 0. The molecule has 1 N–H and O–H groups in total. The lowest BCUT2D eigenvalue weighted by molar-refractivity contribution is 0.0737. The fourth-order valence-corrected chi connectivity index (χ4v) is 3.06. The molecule has 24 heavy (non-hydrogen) atoms. The molecule has 1 fully saturated rings. The molecule has 0 bridgehead atoms. The maximum absolute atomic E-state index is 13.6. The number of halogens is 1. The van der Waals surface area contributed by atoms with Gasteiger partial charge in [-0.1, -0.05) is 6.07 Å². The molecule has 1 aromatic carbocycles. The lowest BCUT2D eigenvalue weighted by Gasteiger charge is -2.19. The number of β-amino-alcohol motifs (C(OH)–C–C–N with tert-alkyl or cyclic N) is 1. The number of aryl methyl sites for hydroxylation is 1. The number of fused-ring (bicyclic) bond motifs is 1. The average molecular weight is 328 g/mol. The summed E-state index contributed by atoms with van der Waals surface area (Å²) in [6.07, 6.45) is 4.01. The van der Waals surface area contributed by atoms with E-state index < -0.39 is 6.10 Å². The van der Waals surface area contributed by atoms with Gasteiger partial charge < -0.3 is 14.7 Å². The molecule has 0 aliphatic carbocycles. The first-order chi connectivity index (χ1) is 11.6. The number of hydrogen-bond donors (Lipinski definition) is 1. The third kappa shape index (κ3) is 2.67. The maximum atomic E-state index is 13.6. The molecule has 6 nitrogen and oxygen atoms in total. The molecule has 7 heteroatoms. The second-order valence-corrected chi connectivity index (χ2v) is 5.98. The number of aliphatic hydroxyl groups is 1. The van der Waals surface area contributed by atoms with Gasteiger partial charge in [-0.05, 0) is 23.6 Å². The van der Waals surface area contributed by atoms with Crippen LogP contribution in [0, 0.1) is 5.82 Å². The first-order valence-electron chi connectivity index (χ1n) is 7.73. The Bertz CT molecular complexity index is 882. The van der Waals surface area contributed by atoms with Crippen LogP contribution in [0.5, 0.6) is 5.75 Å². The van der Waals surface area contributed by atoms with E-state index in [2.05, 4.69) is 10.1 Å². The van der Waals surface area contributed by atoms with Crippen LogP contribution in [0.2, 0.25) is 0 Å². The van der Waals surface area contributed by atoms with Crippen LogP contribution in [0.1, 0.15) is 0 Å². The fraction of sp³-hybridized carbons (Fsp3) is 0.294. The predicted molar refractivity (Wildman–Crippen MR) is 87.5 cm³/mol. The Morgan fingerprint density at radius 2 is 2.17 bits per heavy atom. The molecule has 3 heterocycles. The number of rotatable bonds is 3. The van der Waals surface area contributed by atoms with Crippen LogP contribution < -0.4 is 9.64 Å². The predicted octanol–water partition coefficient (Wildman–Crippen LogP) is 1.74. The van der Waals surface area contributed by atoms with Crippen LogP contribution in [0.25, 0.3) is 10.8 Å². The molecule has 2 atom stereocenters. The monoisotopic (exact) mass is 328 g/mol. The van der Waals surface area contributed by atoms with Crippen molar-refractivity contribution in [3.8, 4) is 5.75 Å².